The van der Waals surface area contributed by atoms with Crippen LogP contribution in [-0.2, 0) is 5.75 Å². The van der Waals surface area contributed by atoms with E-state index in [1.165, 1.54) is 0 Å². The lowest BCUT2D eigenvalue weighted by molar-refractivity contribution is 0.411. The minimum atomic E-state index is 0.754. The molecule has 0 fully saturated rings. The van der Waals surface area contributed by atoms with Crippen LogP contribution < -0.4 is 4.74 Å². The monoisotopic (exact) mass is 373 g/mol. The molecule has 0 unspecified atom stereocenters. The van der Waals surface area contributed by atoms with Crippen molar-refractivity contribution in [3.8, 4) is 22.8 Å². The standard InChI is InChI=1S/C22H19N3OS/c1-26-20-15-9-8-12-18(20)16-27-22-24-23-21(17-10-4-2-5-11-17)25(22)19-13-6-3-7-14-19/h2-15H,16H2,1H3. The van der Waals surface area contributed by atoms with Gasteiger partial charge >= 0.3 is 0 Å². The predicted molar refractivity (Wildman–Crippen MR) is 109 cm³/mol. The average molecular weight is 373 g/mol. The summed E-state index contributed by atoms with van der Waals surface area (Å²) in [5, 5.41) is 9.81. The molecule has 0 aliphatic rings. The molecular weight excluding hydrogens is 354 g/mol. The first-order valence-electron chi connectivity index (χ1n) is 8.68. The molecule has 1 aromatic heterocycles. The second-order valence-corrected chi connectivity index (χ2v) is 6.89. The maximum absolute atomic E-state index is 5.47. The van der Waals surface area contributed by atoms with Gasteiger partial charge in [-0.3, -0.25) is 4.57 Å². The van der Waals surface area contributed by atoms with Crippen LogP contribution in [-0.4, -0.2) is 21.9 Å². The lowest BCUT2D eigenvalue weighted by Gasteiger charge is -2.11. The molecule has 0 atom stereocenters. The molecule has 1 heterocycles. The van der Waals surface area contributed by atoms with E-state index >= 15 is 0 Å². The van der Waals surface area contributed by atoms with Crippen LogP contribution in [0.15, 0.2) is 90.1 Å². The van der Waals surface area contributed by atoms with Crippen LogP contribution in [0.4, 0.5) is 0 Å². The van der Waals surface area contributed by atoms with Crippen LogP contribution >= 0.6 is 11.8 Å². The molecule has 0 spiro atoms. The Bertz CT molecular complexity index is 1020. The zero-order valence-electron chi connectivity index (χ0n) is 14.9. The van der Waals surface area contributed by atoms with Crippen molar-refractivity contribution in [2.24, 2.45) is 0 Å². The lowest BCUT2D eigenvalue weighted by Crippen LogP contribution is -1.99. The van der Waals surface area contributed by atoms with Crippen molar-refractivity contribution in [3.63, 3.8) is 0 Å². The molecule has 0 saturated carbocycles. The molecule has 4 aromatic rings. The van der Waals surface area contributed by atoms with E-state index in [1.807, 2.05) is 54.6 Å². The van der Waals surface area contributed by atoms with Gasteiger partial charge in [0.05, 0.1) is 7.11 Å². The number of nitrogens with zero attached hydrogens (tertiary/aromatic N) is 3. The van der Waals surface area contributed by atoms with Gasteiger partial charge in [-0.2, -0.15) is 0 Å². The van der Waals surface area contributed by atoms with Crippen molar-refractivity contribution in [2.45, 2.75) is 10.9 Å². The van der Waals surface area contributed by atoms with E-state index in [9.17, 15) is 0 Å². The Balaban J connectivity index is 1.72. The van der Waals surface area contributed by atoms with Crippen LogP contribution in [0.25, 0.3) is 17.1 Å². The fraction of sp³-hybridized carbons (Fsp3) is 0.0909. The first kappa shape index (κ1) is 17.4. The van der Waals surface area contributed by atoms with Crippen LogP contribution in [0.3, 0.4) is 0 Å². The van der Waals surface area contributed by atoms with Crippen molar-refractivity contribution in [2.75, 3.05) is 7.11 Å². The molecule has 5 heteroatoms. The van der Waals surface area contributed by atoms with Crippen LogP contribution in [0.1, 0.15) is 5.56 Å². The smallest absolute Gasteiger partial charge is 0.196 e. The number of para-hydroxylation sites is 2. The summed E-state index contributed by atoms with van der Waals surface area (Å²) >= 11 is 1.65. The number of ether oxygens (including phenoxy) is 1. The van der Waals surface area contributed by atoms with Crippen LogP contribution in [0.5, 0.6) is 5.75 Å². The van der Waals surface area contributed by atoms with E-state index in [-0.39, 0.29) is 0 Å². The zero-order valence-corrected chi connectivity index (χ0v) is 15.8. The Kier molecular flexibility index (Phi) is 5.21. The van der Waals surface area contributed by atoms with Gasteiger partial charge in [0.15, 0.2) is 11.0 Å². The summed E-state index contributed by atoms with van der Waals surface area (Å²) in [5.41, 5.74) is 3.22. The number of benzene rings is 3. The molecule has 0 N–H and O–H groups in total. The highest BCUT2D eigenvalue weighted by atomic mass is 32.2. The van der Waals surface area contributed by atoms with E-state index in [4.69, 9.17) is 4.74 Å². The Morgan fingerprint density at radius 2 is 1.48 bits per heavy atom. The van der Waals surface area contributed by atoms with Crippen molar-refractivity contribution in [3.05, 3.63) is 90.5 Å². The van der Waals surface area contributed by atoms with Gasteiger partial charge in [0.1, 0.15) is 5.75 Å². The summed E-state index contributed by atoms with van der Waals surface area (Å²) in [6.07, 6.45) is 0. The highest BCUT2D eigenvalue weighted by molar-refractivity contribution is 7.98. The van der Waals surface area contributed by atoms with Crippen molar-refractivity contribution in [1.29, 1.82) is 0 Å². The fourth-order valence-corrected chi connectivity index (χ4v) is 3.85. The number of aromatic nitrogens is 3. The normalized spacial score (nSPS) is 10.7. The molecule has 0 bridgehead atoms. The minimum absolute atomic E-state index is 0.754. The molecule has 27 heavy (non-hydrogen) atoms. The summed E-state index contributed by atoms with van der Waals surface area (Å²) in [5.74, 6) is 2.48. The third kappa shape index (κ3) is 3.73. The van der Waals surface area contributed by atoms with Crippen molar-refractivity contribution >= 4 is 11.8 Å². The highest BCUT2D eigenvalue weighted by Crippen LogP contribution is 2.31. The number of methoxy groups -OCH3 is 1. The maximum Gasteiger partial charge on any atom is 0.196 e. The Labute approximate surface area is 162 Å². The van der Waals surface area contributed by atoms with Gasteiger partial charge in [-0.15, -0.1) is 10.2 Å². The Morgan fingerprint density at radius 1 is 0.815 bits per heavy atom. The van der Waals surface area contributed by atoms with Gasteiger partial charge < -0.3 is 4.74 Å². The van der Waals surface area contributed by atoms with E-state index < -0.39 is 0 Å². The molecule has 0 radical (unpaired) electrons. The molecular formula is C22H19N3OS. The van der Waals surface area contributed by atoms with Crippen LogP contribution in [0.2, 0.25) is 0 Å². The minimum Gasteiger partial charge on any atom is -0.496 e. The first-order chi connectivity index (χ1) is 13.4. The van der Waals surface area contributed by atoms with Gasteiger partial charge in [0.25, 0.3) is 0 Å². The summed E-state index contributed by atoms with van der Waals surface area (Å²) in [7, 11) is 1.70. The largest absolute Gasteiger partial charge is 0.496 e. The number of hydrogen-bond donors (Lipinski definition) is 0. The summed E-state index contributed by atoms with van der Waals surface area (Å²) in [6.45, 7) is 0. The molecule has 0 amide bonds. The lowest BCUT2D eigenvalue weighted by atomic mass is 10.2. The molecule has 0 saturated heterocycles. The van der Waals surface area contributed by atoms with Gasteiger partial charge in [-0.1, -0.05) is 78.5 Å². The summed E-state index contributed by atoms with van der Waals surface area (Å²) < 4.78 is 7.57. The van der Waals surface area contributed by atoms with E-state index in [1.54, 1.807) is 18.9 Å². The maximum atomic E-state index is 5.47. The first-order valence-corrected chi connectivity index (χ1v) is 9.66. The third-order valence-electron chi connectivity index (χ3n) is 4.23. The average Bonchev–Trinajstić information content (AvgIpc) is 3.17. The second kappa shape index (κ2) is 8.10. The number of rotatable bonds is 6. The molecule has 4 rings (SSSR count). The molecule has 0 aliphatic heterocycles. The molecule has 134 valence electrons. The highest BCUT2D eigenvalue weighted by Gasteiger charge is 2.16. The van der Waals surface area contributed by atoms with Gasteiger partial charge in [-0.05, 0) is 18.2 Å². The fourth-order valence-electron chi connectivity index (χ4n) is 2.91. The summed E-state index contributed by atoms with van der Waals surface area (Å²) in [6, 6.07) is 28.4. The predicted octanol–water partition coefficient (Wildman–Crippen LogP) is 5.24. The van der Waals surface area contributed by atoms with Crippen molar-refractivity contribution in [1.82, 2.24) is 14.8 Å². The van der Waals surface area contributed by atoms with E-state index in [0.717, 1.165) is 39.3 Å². The molecule has 3 aromatic carbocycles. The van der Waals surface area contributed by atoms with Gasteiger partial charge in [-0.25, -0.2) is 0 Å². The van der Waals surface area contributed by atoms with Crippen LogP contribution in [0, 0.1) is 0 Å². The van der Waals surface area contributed by atoms with Crippen molar-refractivity contribution < 1.29 is 4.74 Å². The zero-order chi connectivity index (χ0) is 18.5. The molecule has 4 nitrogen and oxygen atoms in total. The SMILES string of the molecule is COc1ccccc1CSc1nnc(-c2ccccc2)n1-c1ccccc1. The number of hydrogen-bond acceptors (Lipinski definition) is 4. The third-order valence-corrected chi connectivity index (χ3v) is 5.21. The Morgan fingerprint density at radius 3 is 2.22 bits per heavy atom. The summed E-state index contributed by atoms with van der Waals surface area (Å²) in [4.78, 5) is 0. The topological polar surface area (TPSA) is 39.9 Å². The second-order valence-electron chi connectivity index (χ2n) is 5.94. The Hall–Kier alpha value is -3.05. The van der Waals surface area contributed by atoms with E-state index in [2.05, 4.69) is 45.1 Å². The van der Waals surface area contributed by atoms with Gasteiger partial charge in [0.2, 0.25) is 0 Å². The molecule has 0 aliphatic carbocycles. The quantitative estimate of drug-likeness (QED) is 0.434. The number of thioether (sulfide) groups is 1. The van der Waals surface area contributed by atoms with Gasteiger partial charge in [0, 0.05) is 22.6 Å². The van der Waals surface area contributed by atoms with E-state index in [0.29, 0.717) is 0 Å².